The maximum absolute atomic E-state index is 12.9. The molecule has 1 amide bonds. The van der Waals surface area contributed by atoms with Crippen LogP contribution in [0.3, 0.4) is 0 Å². The predicted molar refractivity (Wildman–Crippen MR) is 109 cm³/mol. The van der Waals surface area contributed by atoms with E-state index >= 15 is 0 Å². The second kappa shape index (κ2) is 8.01. The molecule has 4 heteroatoms. The zero-order chi connectivity index (χ0) is 19.3. The van der Waals surface area contributed by atoms with E-state index in [1.54, 1.807) is 18.0 Å². The van der Waals surface area contributed by atoms with Crippen molar-refractivity contribution in [2.45, 2.75) is 13.2 Å². The molecule has 0 N–H and O–H groups in total. The smallest absolute Gasteiger partial charge is 0.290 e. The summed E-state index contributed by atoms with van der Waals surface area (Å²) in [5, 5.41) is 2.35. The molecule has 0 fully saturated rings. The fourth-order valence-electron chi connectivity index (χ4n) is 3.17. The Morgan fingerprint density at radius 2 is 1.68 bits per heavy atom. The second-order valence-electron chi connectivity index (χ2n) is 6.72. The first-order valence-electron chi connectivity index (χ1n) is 9.18. The van der Waals surface area contributed by atoms with Crippen molar-refractivity contribution in [2.75, 3.05) is 7.05 Å². The summed E-state index contributed by atoms with van der Waals surface area (Å²) >= 11 is 0. The van der Waals surface area contributed by atoms with Gasteiger partial charge in [0.2, 0.25) is 0 Å². The van der Waals surface area contributed by atoms with E-state index in [0.717, 1.165) is 22.3 Å². The number of ether oxygens (including phenoxy) is 1. The molecule has 28 heavy (non-hydrogen) atoms. The van der Waals surface area contributed by atoms with Crippen LogP contribution in [0, 0.1) is 0 Å². The van der Waals surface area contributed by atoms with E-state index in [9.17, 15) is 4.79 Å². The molecule has 4 rings (SSSR count). The van der Waals surface area contributed by atoms with Crippen molar-refractivity contribution in [3.63, 3.8) is 0 Å². The highest BCUT2D eigenvalue weighted by molar-refractivity contribution is 5.92. The van der Waals surface area contributed by atoms with Gasteiger partial charge in [-0.3, -0.25) is 4.79 Å². The van der Waals surface area contributed by atoms with Gasteiger partial charge in [-0.05, 0) is 40.6 Å². The average molecular weight is 371 g/mol. The first-order chi connectivity index (χ1) is 13.7. The van der Waals surface area contributed by atoms with Gasteiger partial charge < -0.3 is 14.1 Å². The molecule has 4 aromatic rings. The van der Waals surface area contributed by atoms with E-state index in [0.29, 0.717) is 12.3 Å². The highest BCUT2D eigenvalue weighted by atomic mass is 16.5. The first-order valence-corrected chi connectivity index (χ1v) is 9.18. The highest BCUT2D eigenvalue weighted by Crippen LogP contribution is 2.20. The highest BCUT2D eigenvalue weighted by Gasteiger charge is 2.20. The number of benzene rings is 3. The van der Waals surface area contributed by atoms with Crippen LogP contribution >= 0.6 is 0 Å². The number of nitrogens with zero attached hydrogens (tertiary/aromatic N) is 1. The minimum Gasteiger partial charge on any atom is -0.489 e. The van der Waals surface area contributed by atoms with Crippen LogP contribution in [-0.2, 0) is 13.2 Å². The predicted octanol–water partition coefficient (Wildman–Crippen LogP) is 5.28. The molecule has 3 aromatic carbocycles. The molecule has 0 unspecified atom stereocenters. The van der Waals surface area contributed by atoms with Crippen LogP contribution in [0.25, 0.3) is 10.8 Å². The fourth-order valence-corrected chi connectivity index (χ4v) is 3.17. The monoisotopic (exact) mass is 371 g/mol. The van der Waals surface area contributed by atoms with E-state index in [2.05, 4.69) is 24.3 Å². The summed E-state index contributed by atoms with van der Waals surface area (Å²) in [5.74, 6) is 0.913. The molecule has 0 saturated carbocycles. The summed E-state index contributed by atoms with van der Waals surface area (Å²) in [6.45, 7) is 0.786. The Morgan fingerprint density at radius 1 is 0.929 bits per heavy atom. The Kier molecular flexibility index (Phi) is 5.11. The van der Waals surface area contributed by atoms with Crippen molar-refractivity contribution in [3.05, 3.63) is 102 Å². The van der Waals surface area contributed by atoms with Gasteiger partial charge in [0, 0.05) is 19.2 Å². The molecular weight excluding hydrogens is 350 g/mol. The number of hydrogen-bond donors (Lipinski definition) is 0. The first kappa shape index (κ1) is 17.9. The van der Waals surface area contributed by atoms with Gasteiger partial charge in [-0.25, -0.2) is 0 Å². The standard InChI is InChI=1S/C24H21NO3/c1-25(16-18-11-12-19-7-5-6-8-20(19)15-18)24(26)23-21(13-14-27-23)17-28-22-9-3-2-4-10-22/h2-15H,16-17H2,1H3. The van der Waals surface area contributed by atoms with E-state index in [-0.39, 0.29) is 12.5 Å². The van der Waals surface area contributed by atoms with E-state index in [1.807, 2.05) is 48.5 Å². The number of furan rings is 1. The lowest BCUT2D eigenvalue weighted by Gasteiger charge is -2.17. The Labute approximate surface area is 164 Å². The lowest BCUT2D eigenvalue weighted by Crippen LogP contribution is -2.26. The zero-order valence-corrected chi connectivity index (χ0v) is 15.7. The lowest BCUT2D eigenvalue weighted by molar-refractivity contribution is 0.0749. The average Bonchev–Trinajstić information content (AvgIpc) is 3.21. The molecule has 1 aromatic heterocycles. The van der Waals surface area contributed by atoms with Crippen LogP contribution < -0.4 is 4.74 Å². The maximum Gasteiger partial charge on any atom is 0.290 e. The molecule has 0 aliphatic rings. The Bertz CT molecular complexity index is 1090. The molecule has 1 heterocycles. The van der Waals surface area contributed by atoms with Crippen molar-refractivity contribution in [3.8, 4) is 5.75 Å². The fraction of sp³-hybridized carbons (Fsp3) is 0.125. The molecule has 0 aliphatic heterocycles. The SMILES string of the molecule is CN(Cc1ccc2ccccc2c1)C(=O)c1occc1COc1ccccc1. The number of carbonyl (C=O) groups is 1. The molecule has 140 valence electrons. The van der Waals surface area contributed by atoms with Crippen LogP contribution in [0.4, 0.5) is 0 Å². The van der Waals surface area contributed by atoms with Gasteiger partial charge in [0.25, 0.3) is 5.91 Å². The van der Waals surface area contributed by atoms with Gasteiger partial charge >= 0.3 is 0 Å². The number of hydrogen-bond acceptors (Lipinski definition) is 3. The number of amides is 1. The normalized spacial score (nSPS) is 10.8. The zero-order valence-electron chi connectivity index (χ0n) is 15.7. The van der Waals surface area contributed by atoms with E-state index < -0.39 is 0 Å². The summed E-state index contributed by atoms with van der Waals surface area (Å²) in [6.07, 6.45) is 1.53. The Balaban J connectivity index is 1.45. The quantitative estimate of drug-likeness (QED) is 0.463. The van der Waals surface area contributed by atoms with Gasteiger partial charge in [0.15, 0.2) is 5.76 Å². The number of para-hydroxylation sites is 1. The van der Waals surface area contributed by atoms with Crippen LogP contribution in [0.15, 0.2) is 89.5 Å². The summed E-state index contributed by atoms with van der Waals surface area (Å²) < 4.78 is 11.2. The molecule has 0 atom stereocenters. The van der Waals surface area contributed by atoms with Gasteiger partial charge in [0.1, 0.15) is 12.4 Å². The van der Waals surface area contributed by atoms with Gasteiger partial charge in [-0.2, -0.15) is 0 Å². The minimum absolute atomic E-state index is 0.162. The summed E-state index contributed by atoms with van der Waals surface area (Å²) in [4.78, 5) is 14.5. The summed E-state index contributed by atoms with van der Waals surface area (Å²) in [5.41, 5.74) is 1.81. The van der Waals surface area contributed by atoms with Gasteiger partial charge in [-0.1, -0.05) is 54.6 Å². The molecular formula is C24H21NO3. The van der Waals surface area contributed by atoms with Crippen molar-refractivity contribution in [1.29, 1.82) is 0 Å². The van der Waals surface area contributed by atoms with Crippen LogP contribution in [0.2, 0.25) is 0 Å². The number of rotatable bonds is 6. The second-order valence-corrected chi connectivity index (χ2v) is 6.72. The van der Waals surface area contributed by atoms with Crippen LogP contribution in [0.5, 0.6) is 5.75 Å². The summed E-state index contributed by atoms with van der Waals surface area (Å²) in [6, 6.07) is 25.7. The largest absolute Gasteiger partial charge is 0.489 e. The molecule has 0 saturated heterocycles. The van der Waals surface area contributed by atoms with Gasteiger partial charge in [-0.15, -0.1) is 0 Å². The van der Waals surface area contributed by atoms with Crippen molar-refractivity contribution in [1.82, 2.24) is 4.90 Å². The Hall–Kier alpha value is -3.53. The molecule has 0 spiro atoms. The van der Waals surface area contributed by atoms with E-state index in [1.165, 1.54) is 11.6 Å². The molecule has 4 nitrogen and oxygen atoms in total. The molecule has 0 bridgehead atoms. The number of fused-ring (bicyclic) bond motifs is 1. The van der Waals surface area contributed by atoms with Crippen LogP contribution in [0.1, 0.15) is 21.7 Å². The lowest BCUT2D eigenvalue weighted by atomic mass is 10.1. The van der Waals surface area contributed by atoms with E-state index in [4.69, 9.17) is 9.15 Å². The van der Waals surface area contributed by atoms with Crippen molar-refractivity contribution >= 4 is 16.7 Å². The third-order valence-corrected chi connectivity index (χ3v) is 4.66. The molecule has 0 aliphatic carbocycles. The minimum atomic E-state index is -0.162. The maximum atomic E-state index is 12.9. The summed E-state index contributed by atoms with van der Waals surface area (Å²) in [7, 11) is 1.78. The van der Waals surface area contributed by atoms with Crippen molar-refractivity contribution in [2.24, 2.45) is 0 Å². The molecule has 0 radical (unpaired) electrons. The third kappa shape index (κ3) is 3.91. The van der Waals surface area contributed by atoms with Crippen molar-refractivity contribution < 1.29 is 13.9 Å². The van der Waals surface area contributed by atoms with Crippen LogP contribution in [-0.4, -0.2) is 17.9 Å². The third-order valence-electron chi connectivity index (χ3n) is 4.66. The van der Waals surface area contributed by atoms with Gasteiger partial charge in [0.05, 0.1) is 6.26 Å². The topological polar surface area (TPSA) is 42.7 Å². The number of carbonyl (C=O) groups excluding carboxylic acids is 1. The Morgan fingerprint density at radius 3 is 2.50 bits per heavy atom.